The zero-order chi connectivity index (χ0) is 21.2. The Balaban J connectivity index is 1.69. The van der Waals surface area contributed by atoms with Crippen molar-refractivity contribution in [1.82, 2.24) is 9.66 Å². The van der Waals surface area contributed by atoms with Crippen LogP contribution in [0.4, 0.5) is 5.69 Å². The van der Waals surface area contributed by atoms with Crippen molar-refractivity contribution in [2.75, 3.05) is 0 Å². The molecule has 0 aliphatic rings. The summed E-state index contributed by atoms with van der Waals surface area (Å²) in [7, 11) is 0. The fourth-order valence-corrected chi connectivity index (χ4v) is 4.16. The third-order valence-electron chi connectivity index (χ3n) is 4.81. The molecule has 0 atom stereocenters. The summed E-state index contributed by atoms with van der Waals surface area (Å²) < 4.78 is 7.86. The highest BCUT2D eigenvalue weighted by Gasteiger charge is 2.13. The summed E-state index contributed by atoms with van der Waals surface area (Å²) in [6.45, 7) is 1.95. The van der Waals surface area contributed by atoms with Gasteiger partial charge >= 0.3 is 0 Å². The summed E-state index contributed by atoms with van der Waals surface area (Å²) in [5.74, 6) is 0.722. The molecule has 5 nitrogen and oxygen atoms in total. The number of furan rings is 1. The van der Waals surface area contributed by atoms with E-state index in [1.54, 1.807) is 17.1 Å². The topological polar surface area (TPSA) is 55.7 Å². The number of rotatable bonds is 4. The fraction of sp³-hybridized carbons (Fsp3) is 0.0417. The first-order valence-electron chi connectivity index (χ1n) is 9.64. The van der Waals surface area contributed by atoms with Crippen LogP contribution in [0.5, 0.6) is 0 Å². The summed E-state index contributed by atoms with van der Waals surface area (Å²) in [6.07, 6.45) is 3.45. The van der Waals surface area contributed by atoms with Gasteiger partial charge in [-0.25, -0.2) is 9.67 Å². The largest absolute Gasteiger partial charge is 0.454 e. The summed E-state index contributed by atoms with van der Waals surface area (Å²) in [5, 5.41) is 8.39. The number of halogens is 1. The zero-order valence-corrected chi connectivity index (χ0v) is 18.1. The van der Waals surface area contributed by atoms with E-state index in [9.17, 15) is 0 Å². The molecule has 7 heteroatoms. The third kappa shape index (κ3) is 3.95. The van der Waals surface area contributed by atoms with Gasteiger partial charge in [-0.1, -0.05) is 41.9 Å². The van der Waals surface area contributed by atoms with Crippen LogP contribution in [-0.4, -0.2) is 15.9 Å². The van der Waals surface area contributed by atoms with Crippen molar-refractivity contribution in [3.05, 3.63) is 99.4 Å². The van der Waals surface area contributed by atoms with E-state index in [0.29, 0.717) is 9.82 Å². The Morgan fingerprint density at radius 2 is 1.94 bits per heavy atom. The number of para-hydroxylation sites is 1. The molecule has 0 fully saturated rings. The molecule has 0 saturated heterocycles. The number of fused-ring (bicyclic) bond motifs is 1. The molecule has 0 spiro atoms. The van der Waals surface area contributed by atoms with Gasteiger partial charge in [-0.2, -0.15) is 5.10 Å². The van der Waals surface area contributed by atoms with Crippen molar-refractivity contribution < 1.29 is 4.42 Å². The molecular weight excluding hydrogens is 428 g/mol. The highest BCUT2D eigenvalue weighted by atomic mass is 35.5. The minimum Gasteiger partial charge on any atom is -0.454 e. The molecular formula is C24H17ClN4OS. The minimum atomic E-state index is 0.679. The third-order valence-corrected chi connectivity index (χ3v) is 6.04. The summed E-state index contributed by atoms with van der Waals surface area (Å²) >= 11 is 7.78. The van der Waals surface area contributed by atoms with Gasteiger partial charge in [0.05, 0.1) is 17.6 Å². The Morgan fingerprint density at radius 3 is 2.77 bits per heavy atom. The maximum Gasteiger partial charge on any atom is 0.211 e. The van der Waals surface area contributed by atoms with Crippen LogP contribution in [0.2, 0.25) is 5.02 Å². The number of aromatic nitrogens is 2. The van der Waals surface area contributed by atoms with E-state index < -0.39 is 0 Å². The SMILES string of the molecule is Cc1c(Cl)cccc1N=c1scc(-c2cc3ccccc3o2)n1N=Cc1ccccn1. The molecule has 0 radical (unpaired) electrons. The normalized spacial score (nSPS) is 12.3. The van der Waals surface area contributed by atoms with E-state index in [1.807, 2.05) is 79.0 Å². The minimum absolute atomic E-state index is 0.679. The van der Waals surface area contributed by atoms with Gasteiger partial charge in [-0.3, -0.25) is 4.98 Å². The predicted molar refractivity (Wildman–Crippen MR) is 126 cm³/mol. The van der Waals surface area contributed by atoms with Crippen LogP contribution >= 0.6 is 22.9 Å². The quantitative estimate of drug-likeness (QED) is 0.300. The second-order valence-electron chi connectivity index (χ2n) is 6.86. The van der Waals surface area contributed by atoms with E-state index in [2.05, 4.69) is 10.1 Å². The standard InChI is InChI=1S/C24H17ClN4OS/c1-16-19(25)9-6-10-20(16)28-24-29(27-14-18-8-4-5-12-26-18)21(15-31-24)23-13-17-7-2-3-11-22(17)30-23/h2-15H,1H3. The molecule has 0 unspecified atom stereocenters. The molecule has 3 aromatic heterocycles. The van der Waals surface area contributed by atoms with Crippen molar-refractivity contribution >= 4 is 45.8 Å². The number of nitrogens with zero attached hydrogens (tertiary/aromatic N) is 4. The van der Waals surface area contributed by atoms with E-state index in [4.69, 9.17) is 21.0 Å². The van der Waals surface area contributed by atoms with Crippen LogP contribution in [0.3, 0.4) is 0 Å². The van der Waals surface area contributed by atoms with Gasteiger partial charge in [-0.15, -0.1) is 11.3 Å². The molecule has 0 aliphatic carbocycles. The molecule has 5 rings (SSSR count). The zero-order valence-electron chi connectivity index (χ0n) is 16.6. The Labute approximate surface area is 187 Å². The summed E-state index contributed by atoms with van der Waals surface area (Å²) in [4.78, 5) is 9.86. The Kier molecular flexibility index (Phi) is 5.24. The Bertz CT molecular complexity index is 1430. The molecule has 3 heterocycles. The van der Waals surface area contributed by atoms with Crippen molar-refractivity contribution in [2.45, 2.75) is 6.92 Å². The van der Waals surface area contributed by atoms with Gasteiger partial charge in [0, 0.05) is 22.0 Å². The number of pyridine rings is 1. The van der Waals surface area contributed by atoms with Gasteiger partial charge in [-0.05, 0) is 48.9 Å². The lowest BCUT2D eigenvalue weighted by Gasteiger charge is -2.03. The second kappa shape index (κ2) is 8.34. The average Bonchev–Trinajstić information content (AvgIpc) is 3.40. The number of hydrogen-bond acceptors (Lipinski definition) is 5. The molecule has 2 aromatic carbocycles. The fourth-order valence-electron chi connectivity index (χ4n) is 3.16. The summed E-state index contributed by atoms with van der Waals surface area (Å²) in [5.41, 5.74) is 4.11. The Morgan fingerprint density at radius 1 is 1.06 bits per heavy atom. The average molecular weight is 445 g/mol. The first-order chi connectivity index (χ1) is 15.2. The van der Waals surface area contributed by atoms with Crippen molar-refractivity contribution in [1.29, 1.82) is 0 Å². The molecule has 152 valence electrons. The monoisotopic (exact) mass is 444 g/mol. The number of thiazole rings is 1. The van der Waals surface area contributed by atoms with Crippen LogP contribution in [-0.2, 0) is 0 Å². The van der Waals surface area contributed by atoms with Crippen LogP contribution in [0.1, 0.15) is 11.3 Å². The van der Waals surface area contributed by atoms with E-state index in [0.717, 1.165) is 39.4 Å². The number of hydrogen-bond donors (Lipinski definition) is 0. The van der Waals surface area contributed by atoms with Crippen LogP contribution < -0.4 is 4.80 Å². The molecule has 0 bridgehead atoms. The first-order valence-corrected chi connectivity index (χ1v) is 10.9. The smallest absolute Gasteiger partial charge is 0.211 e. The molecule has 5 aromatic rings. The maximum absolute atomic E-state index is 6.29. The van der Waals surface area contributed by atoms with Gasteiger partial charge in [0.15, 0.2) is 5.76 Å². The molecule has 0 saturated carbocycles. The lowest BCUT2D eigenvalue weighted by atomic mass is 10.2. The molecule has 0 aliphatic heterocycles. The van der Waals surface area contributed by atoms with Gasteiger partial charge in [0.1, 0.15) is 11.3 Å². The predicted octanol–water partition coefficient (Wildman–Crippen LogP) is 6.43. The van der Waals surface area contributed by atoms with Crippen molar-refractivity contribution in [2.24, 2.45) is 10.1 Å². The molecule has 0 N–H and O–H groups in total. The lowest BCUT2D eigenvalue weighted by molar-refractivity contribution is 0.622. The molecule has 0 amide bonds. The van der Waals surface area contributed by atoms with E-state index in [-0.39, 0.29) is 0 Å². The lowest BCUT2D eigenvalue weighted by Crippen LogP contribution is -2.11. The van der Waals surface area contributed by atoms with E-state index in [1.165, 1.54) is 11.3 Å². The van der Waals surface area contributed by atoms with Crippen molar-refractivity contribution in [3.8, 4) is 11.5 Å². The van der Waals surface area contributed by atoms with E-state index >= 15 is 0 Å². The molecule has 31 heavy (non-hydrogen) atoms. The maximum atomic E-state index is 6.29. The van der Waals surface area contributed by atoms with Crippen LogP contribution in [0.25, 0.3) is 22.4 Å². The van der Waals surface area contributed by atoms with Crippen LogP contribution in [0.15, 0.2) is 92.8 Å². The van der Waals surface area contributed by atoms with Gasteiger partial charge < -0.3 is 4.42 Å². The highest BCUT2D eigenvalue weighted by molar-refractivity contribution is 7.07. The Hall–Kier alpha value is -3.48. The van der Waals surface area contributed by atoms with Crippen molar-refractivity contribution in [3.63, 3.8) is 0 Å². The highest BCUT2D eigenvalue weighted by Crippen LogP contribution is 2.29. The van der Waals surface area contributed by atoms with Gasteiger partial charge in [0.25, 0.3) is 0 Å². The summed E-state index contributed by atoms with van der Waals surface area (Å²) in [6, 6.07) is 21.3. The second-order valence-corrected chi connectivity index (χ2v) is 8.10. The van der Waals surface area contributed by atoms with Crippen LogP contribution in [0, 0.1) is 6.92 Å². The number of benzene rings is 2. The first kappa shape index (κ1) is 19.5. The van der Waals surface area contributed by atoms with Gasteiger partial charge in [0.2, 0.25) is 4.80 Å².